The van der Waals surface area contributed by atoms with Crippen molar-refractivity contribution in [3.63, 3.8) is 0 Å². The maximum atomic E-state index is 5.05. The average Bonchev–Trinajstić information content (AvgIpc) is 2.84. The minimum absolute atomic E-state index is 0.427. The Labute approximate surface area is 110 Å². The van der Waals surface area contributed by atoms with Crippen molar-refractivity contribution in [2.45, 2.75) is 13.3 Å². The molecular weight excluding hydrogens is 250 g/mol. The van der Waals surface area contributed by atoms with Gasteiger partial charge < -0.3 is 19.3 Å². The third-order valence-corrected chi connectivity index (χ3v) is 2.30. The van der Waals surface area contributed by atoms with Crippen LogP contribution in [0.2, 0.25) is 0 Å². The molecule has 2 aromatic rings. The summed E-state index contributed by atoms with van der Waals surface area (Å²) in [5.41, 5.74) is 0. The highest BCUT2D eigenvalue weighted by Gasteiger charge is 2.06. The van der Waals surface area contributed by atoms with Crippen LogP contribution in [0, 0.1) is 6.92 Å². The topological polar surface area (TPSA) is 95.2 Å². The SMILES string of the molecule is COc1cc(OC)nc(NCCc2noc(C)n2)n1. The highest BCUT2D eigenvalue weighted by Crippen LogP contribution is 2.17. The molecule has 0 saturated carbocycles. The quantitative estimate of drug-likeness (QED) is 0.821. The first kappa shape index (κ1) is 13.1. The van der Waals surface area contributed by atoms with E-state index in [1.807, 2.05) is 0 Å². The second-order valence-electron chi connectivity index (χ2n) is 3.68. The lowest BCUT2D eigenvalue weighted by atomic mass is 10.4. The van der Waals surface area contributed by atoms with Crippen LogP contribution < -0.4 is 14.8 Å². The number of nitrogens with zero attached hydrogens (tertiary/aromatic N) is 4. The molecule has 0 saturated heterocycles. The maximum Gasteiger partial charge on any atom is 0.229 e. The molecule has 0 unspecified atom stereocenters. The van der Waals surface area contributed by atoms with Crippen LogP contribution in [0.3, 0.4) is 0 Å². The fraction of sp³-hybridized carbons (Fsp3) is 0.455. The second-order valence-corrected chi connectivity index (χ2v) is 3.68. The van der Waals surface area contributed by atoms with Gasteiger partial charge in [0.15, 0.2) is 5.82 Å². The van der Waals surface area contributed by atoms with Gasteiger partial charge in [-0.3, -0.25) is 0 Å². The van der Waals surface area contributed by atoms with Gasteiger partial charge in [0.2, 0.25) is 23.6 Å². The average molecular weight is 265 g/mol. The molecule has 0 atom stereocenters. The molecule has 0 aliphatic rings. The largest absolute Gasteiger partial charge is 0.481 e. The number of nitrogens with one attached hydrogen (secondary N) is 1. The number of hydrogen-bond acceptors (Lipinski definition) is 8. The lowest BCUT2D eigenvalue weighted by molar-refractivity contribution is 0.372. The van der Waals surface area contributed by atoms with Gasteiger partial charge in [0, 0.05) is 19.9 Å². The molecular formula is C11H15N5O3. The van der Waals surface area contributed by atoms with E-state index in [9.17, 15) is 0 Å². The van der Waals surface area contributed by atoms with Gasteiger partial charge in [-0.05, 0) is 0 Å². The van der Waals surface area contributed by atoms with Gasteiger partial charge >= 0.3 is 0 Å². The van der Waals surface area contributed by atoms with Crippen molar-refractivity contribution in [3.05, 3.63) is 17.8 Å². The lowest BCUT2D eigenvalue weighted by Crippen LogP contribution is -2.09. The predicted molar refractivity (Wildman–Crippen MR) is 66.4 cm³/mol. The molecule has 2 aromatic heterocycles. The summed E-state index contributed by atoms with van der Waals surface area (Å²) in [7, 11) is 3.07. The number of rotatable bonds is 6. The van der Waals surface area contributed by atoms with Crippen molar-refractivity contribution < 1.29 is 14.0 Å². The van der Waals surface area contributed by atoms with Gasteiger partial charge in [-0.15, -0.1) is 0 Å². The molecule has 0 amide bonds. The van der Waals surface area contributed by atoms with E-state index in [2.05, 4.69) is 25.4 Å². The first-order chi connectivity index (χ1) is 9.21. The zero-order chi connectivity index (χ0) is 13.7. The van der Waals surface area contributed by atoms with Gasteiger partial charge in [0.05, 0.1) is 20.3 Å². The molecule has 2 rings (SSSR count). The van der Waals surface area contributed by atoms with Gasteiger partial charge in [-0.25, -0.2) is 0 Å². The van der Waals surface area contributed by atoms with E-state index in [0.717, 1.165) is 0 Å². The molecule has 0 aliphatic heterocycles. The summed E-state index contributed by atoms with van der Waals surface area (Å²) in [6, 6.07) is 1.60. The Morgan fingerprint density at radius 2 is 1.84 bits per heavy atom. The lowest BCUT2D eigenvalue weighted by Gasteiger charge is -2.07. The third kappa shape index (κ3) is 3.54. The molecule has 0 spiro atoms. The molecule has 1 N–H and O–H groups in total. The van der Waals surface area contributed by atoms with E-state index in [1.165, 1.54) is 14.2 Å². The van der Waals surface area contributed by atoms with Gasteiger partial charge in [-0.1, -0.05) is 5.16 Å². The fourth-order valence-electron chi connectivity index (χ4n) is 1.42. The standard InChI is InChI=1S/C11H15N5O3/c1-7-13-8(16-19-7)4-5-12-11-14-9(17-2)6-10(15-11)18-3/h6H,4-5H2,1-3H3,(H,12,14,15). The molecule has 0 aliphatic carbocycles. The van der Waals surface area contributed by atoms with Crippen LogP contribution in [-0.4, -0.2) is 40.9 Å². The van der Waals surface area contributed by atoms with Crippen LogP contribution in [0.1, 0.15) is 11.7 Å². The van der Waals surface area contributed by atoms with E-state index in [0.29, 0.717) is 42.4 Å². The van der Waals surface area contributed by atoms with Crippen molar-refractivity contribution in [1.29, 1.82) is 0 Å². The van der Waals surface area contributed by atoms with Crippen molar-refractivity contribution >= 4 is 5.95 Å². The minimum atomic E-state index is 0.427. The number of aromatic nitrogens is 4. The number of hydrogen-bond donors (Lipinski definition) is 1. The summed E-state index contributed by atoms with van der Waals surface area (Å²) in [4.78, 5) is 12.4. The van der Waals surface area contributed by atoms with E-state index >= 15 is 0 Å². The molecule has 102 valence electrons. The Morgan fingerprint density at radius 3 is 2.37 bits per heavy atom. The normalized spacial score (nSPS) is 10.3. The van der Waals surface area contributed by atoms with Crippen LogP contribution in [-0.2, 0) is 6.42 Å². The Hall–Kier alpha value is -2.38. The van der Waals surface area contributed by atoms with Crippen LogP contribution in [0.5, 0.6) is 11.8 Å². The first-order valence-electron chi connectivity index (χ1n) is 5.71. The summed E-state index contributed by atoms with van der Waals surface area (Å²) in [6.45, 7) is 2.33. The van der Waals surface area contributed by atoms with Crippen molar-refractivity contribution in [1.82, 2.24) is 20.1 Å². The van der Waals surface area contributed by atoms with Gasteiger partial charge in [-0.2, -0.15) is 15.0 Å². The first-order valence-corrected chi connectivity index (χ1v) is 5.71. The molecule has 0 radical (unpaired) electrons. The van der Waals surface area contributed by atoms with Gasteiger partial charge in [0.25, 0.3) is 0 Å². The van der Waals surface area contributed by atoms with Crippen molar-refractivity contribution in [2.24, 2.45) is 0 Å². The second kappa shape index (κ2) is 5.98. The molecule has 0 fully saturated rings. The highest BCUT2D eigenvalue weighted by molar-refractivity contribution is 5.33. The fourth-order valence-corrected chi connectivity index (χ4v) is 1.42. The minimum Gasteiger partial charge on any atom is -0.481 e. The van der Waals surface area contributed by atoms with E-state index in [-0.39, 0.29) is 0 Å². The summed E-state index contributed by atoms with van der Waals surface area (Å²) in [5, 5.41) is 6.85. The molecule has 8 heteroatoms. The van der Waals surface area contributed by atoms with Crippen molar-refractivity contribution in [2.75, 3.05) is 26.1 Å². The molecule has 19 heavy (non-hydrogen) atoms. The van der Waals surface area contributed by atoms with E-state index in [4.69, 9.17) is 14.0 Å². The zero-order valence-electron chi connectivity index (χ0n) is 11.0. The Balaban J connectivity index is 1.95. The molecule has 0 bridgehead atoms. The van der Waals surface area contributed by atoms with Crippen LogP contribution in [0.4, 0.5) is 5.95 Å². The smallest absolute Gasteiger partial charge is 0.229 e. The predicted octanol–water partition coefficient (Wildman–Crippen LogP) is 0.840. The van der Waals surface area contributed by atoms with Gasteiger partial charge in [0.1, 0.15) is 0 Å². The van der Waals surface area contributed by atoms with Crippen molar-refractivity contribution in [3.8, 4) is 11.8 Å². The summed E-state index contributed by atoms with van der Waals surface area (Å²) >= 11 is 0. The number of anilines is 1. The van der Waals surface area contributed by atoms with E-state index in [1.54, 1.807) is 13.0 Å². The number of methoxy groups -OCH3 is 2. The van der Waals surface area contributed by atoms with E-state index < -0.39 is 0 Å². The van der Waals surface area contributed by atoms with Crippen LogP contribution in [0.15, 0.2) is 10.6 Å². The van der Waals surface area contributed by atoms with Crippen LogP contribution in [0.25, 0.3) is 0 Å². The zero-order valence-corrected chi connectivity index (χ0v) is 11.0. The summed E-state index contributed by atoms with van der Waals surface area (Å²) in [5.74, 6) is 2.49. The third-order valence-electron chi connectivity index (χ3n) is 2.30. The monoisotopic (exact) mass is 265 g/mol. The maximum absolute atomic E-state index is 5.05. The number of ether oxygens (including phenoxy) is 2. The molecule has 0 aromatic carbocycles. The Morgan fingerprint density at radius 1 is 1.16 bits per heavy atom. The molecule has 2 heterocycles. The Kier molecular flexibility index (Phi) is 4.11. The Bertz CT molecular complexity index is 521. The molecule has 8 nitrogen and oxygen atoms in total. The summed E-state index contributed by atoms with van der Waals surface area (Å²) in [6.07, 6.45) is 0.611. The summed E-state index contributed by atoms with van der Waals surface area (Å²) < 4.78 is 15.0. The number of aryl methyl sites for hydroxylation is 1. The van der Waals surface area contributed by atoms with Crippen LogP contribution >= 0.6 is 0 Å². The highest BCUT2D eigenvalue weighted by atomic mass is 16.5.